The molecule has 1 aliphatic carbocycles. The summed E-state index contributed by atoms with van der Waals surface area (Å²) in [7, 11) is -2.68. The largest absolute Gasteiger partial charge is 0.497 e. The predicted octanol–water partition coefficient (Wildman–Crippen LogP) is 4.01. The van der Waals surface area contributed by atoms with Gasteiger partial charge >= 0.3 is 5.91 Å². The van der Waals surface area contributed by atoms with Gasteiger partial charge in [0, 0.05) is 11.1 Å². The van der Waals surface area contributed by atoms with E-state index in [-0.39, 0.29) is 35.3 Å². The van der Waals surface area contributed by atoms with Gasteiger partial charge in [-0.15, -0.1) is 0 Å². The van der Waals surface area contributed by atoms with Crippen molar-refractivity contribution in [3.8, 4) is 16.9 Å². The lowest BCUT2D eigenvalue weighted by Gasteiger charge is -2.12. The molecule has 2 N–H and O–H groups in total. The second-order valence-electron chi connectivity index (χ2n) is 6.26. The Morgan fingerprint density at radius 1 is 1.10 bits per heavy atom. The first kappa shape index (κ1) is 16.2. The SMILES string of the molecule is [2H]C([2H])([2H])Oc1cccc(-c2cc(F)c(NC(=O)C3=C(C(=O)N[N+]#[C-])CCC3)c(F)c2)c1. The van der Waals surface area contributed by atoms with E-state index in [0.717, 1.165) is 12.1 Å². The van der Waals surface area contributed by atoms with Gasteiger partial charge in [0.1, 0.15) is 23.1 Å². The lowest BCUT2D eigenvalue weighted by atomic mass is 10.0. The number of rotatable bonds is 5. The second-order valence-corrected chi connectivity index (χ2v) is 6.26. The maximum Gasteiger partial charge on any atom is 0.315 e. The van der Waals surface area contributed by atoms with E-state index in [0.29, 0.717) is 12.0 Å². The maximum absolute atomic E-state index is 14.7. The Hall–Kier alpha value is -3.73. The van der Waals surface area contributed by atoms with E-state index in [4.69, 9.17) is 15.4 Å². The number of benzene rings is 2. The van der Waals surface area contributed by atoms with Crippen molar-refractivity contribution < 1.29 is 27.2 Å². The molecule has 0 aliphatic heterocycles. The molecule has 2 aromatic carbocycles. The topological polar surface area (TPSA) is 71.8 Å². The summed E-state index contributed by atoms with van der Waals surface area (Å²) in [5.41, 5.74) is 1.84. The van der Waals surface area contributed by atoms with E-state index in [1.165, 1.54) is 24.3 Å². The Morgan fingerprint density at radius 2 is 1.79 bits per heavy atom. The van der Waals surface area contributed by atoms with E-state index < -0.39 is 36.2 Å². The molecule has 148 valence electrons. The van der Waals surface area contributed by atoms with Gasteiger partial charge in [-0.25, -0.2) is 8.78 Å². The average Bonchev–Trinajstić information content (AvgIpc) is 3.20. The van der Waals surface area contributed by atoms with Crippen LogP contribution < -0.4 is 15.5 Å². The van der Waals surface area contributed by atoms with Crippen molar-refractivity contribution in [3.63, 3.8) is 0 Å². The summed E-state index contributed by atoms with van der Waals surface area (Å²) in [6, 6.07) is 7.69. The molecule has 2 aromatic rings. The number of methoxy groups -OCH3 is 1. The summed E-state index contributed by atoms with van der Waals surface area (Å²) in [5, 5.41) is 2.17. The van der Waals surface area contributed by atoms with Crippen LogP contribution in [0, 0.1) is 18.2 Å². The second kappa shape index (κ2) is 8.52. The molecule has 0 saturated carbocycles. The quantitative estimate of drug-likeness (QED) is 0.589. The van der Waals surface area contributed by atoms with Gasteiger partial charge in [-0.05, 0) is 60.1 Å². The highest BCUT2D eigenvalue weighted by Gasteiger charge is 2.28. The fraction of sp³-hybridized carbons (Fsp3) is 0.190. The number of nitrogens with zero attached hydrogens (tertiary/aromatic N) is 1. The van der Waals surface area contributed by atoms with Crippen LogP contribution >= 0.6 is 0 Å². The molecular formula is C21H17F2N3O3. The number of carbonyl (C=O) groups is 2. The number of hydrogen-bond acceptors (Lipinski definition) is 3. The van der Waals surface area contributed by atoms with Crippen LogP contribution in [0.1, 0.15) is 23.4 Å². The Balaban J connectivity index is 1.87. The zero-order chi connectivity index (χ0) is 23.5. The number of ether oxygens (including phenoxy) is 1. The molecule has 1 aliphatic rings. The third kappa shape index (κ3) is 4.24. The molecule has 0 atom stereocenters. The fourth-order valence-electron chi connectivity index (χ4n) is 3.15. The van der Waals surface area contributed by atoms with E-state index in [9.17, 15) is 18.4 Å². The van der Waals surface area contributed by atoms with Crippen molar-refractivity contribution >= 4 is 17.5 Å². The number of halogens is 2. The Bertz CT molecular complexity index is 1130. The standard InChI is InChI=1S/C21H17F2N3O3/c1-24-26-21(28)16-8-4-7-15(16)20(27)25-19-17(22)10-13(11-18(19)23)12-5-3-6-14(9-12)29-2/h3,5-6,9-11H,4,7-8H2,2H3,(H,25,27)(H,26,28)/i2D3. The smallest absolute Gasteiger partial charge is 0.315 e. The van der Waals surface area contributed by atoms with Gasteiger partial charge in [0.05, 0.1) is 11.2 Å². The third-order valence-electron chi connectivity index (χ3n) is 4.49. The molecule has 0 saturated heterocycles. The number of hydrogen-bond donors (Lipinski definition) is 2. The normalized spacial score (nSPS) is 15.0. The molecule has 2 amide bonds. The summed E-state index contributed by atoms with van der Waals surface area (Å²) in [6.45, 7) is 6.69. The lowest BCUT2D eigenvalue weighted by Crippen LogP contribution is -2.22. The van der Waals surface area contributed by atoms with Gasteiger partial charge in [-0.1, -0.05) is 12.1 Å². The number of amides is 2. The summed E-state index contributed by atoms with van der Waals surface area (Å²) >= 11 is 0. The van der Waals surface area contributed by atoms with Crippen molar-refractivity contribution in [3.05, 3.63) is 70.7 Å². The van der Waals surface area contributed by atoms with Gasteiger partial charge < -0.3 is 10.1 Å². The highest BCUT2D eigenvalue weighted by atomic mass is 19.1. The van der Waals surface area contributed by atoms with Crippen molar-refractivity contribution in [2.45, 2.75) is 19.3 Å². The molecule has 0 unspecified atom stereocenters. The molecule has 0 bridgehead atoms. The van der Waals surface area contributed by atoms with Crippen molar-refractivity contribution in [1.82, 2.24) is 5.43 Å². The van der Waals surface area contributed by atoms with Crippen LogP contribution in [0.25, 0.3) is 16.1 Å². The maximum atomic E-state index is 14.7. The van der Waals surface area contributed by atoms with E-state index in [1.54, 1.807) is 0 Å². The highest BCUT2D eigenvalue weighted by Crippen LogP contribution is 2.31. The van der Waals surface area contributed by atoms with Gasteiger partial charge in [-0.3, -0.25) is 9.59 Å². The summed E-state index contributed by atoms with van der Waals surface area (Å²) in [4.78, 5) is 27.2. The van der Waals surface area contributed by atoms with Crippen molar-refractivity contribution in [2.75, 3.05) is 12.4 Å². The molecule has 0 heterocycles. The van der Waals surface area contributed by atoms with Gasteiger partial charge in [-0.2, -0.15) is 11.5 Å². The minimum atomic E-state index is -2.68. The average molecular weight is 400 g/mol. The van der Waals surface area contributed by atoms with Gasteiger partial charge in [0.2, 0.25) is 0 Å². The third-order valence-corrected chi connectivity index (χ3v) is 4.49. The van der Waals surface area contributed by atoms with E-state index >= 15 is 0 Å². The zero-order valence-electron chi connectivity index (χ0n) is 18.0. The first-order valence-electron chi connectivity index (χ1n) is 10.1. The van der Waals surface area contributed by atoms with Crippen LogP contribution in [-0.4, -0.2) is 18.9 Å². The molecule has 0 fully saturated rings. The Labute approximate surface area is 170 Å². The minimum Gasteiger partial charge on any atom is -0.497 e. The molecule has 8 heteroatoms. The first-order valence-corrected chi connectivity index (χ1v) is 8.57. The molecule has 0 aromatic heterocycles. The summed E-state index contributed by atoms with van der Waals surface area (Å²) < 4.78 is 55.6. The van der Waals surface area contributed by atoms with Crippen LogP contribution in [0.5, 0.6) is 5.75 Å². The highest BCUT2D eigenvalue weighted by molar-refractivity contribution is 6.10. The van der Waals surface area contributed by atoms with Crippen molar-refractivity contribution in [2.24, 2.45) is 0 Å². The molecule has 0 spiro atoms. The van der Waals surface area contributed by atoms with E-state index in [2.05, 4.69) is 10.3 Å². The molecular weight excluding hydrogens is 380 g/mol. The monoisotopic (exact) mass is 400 g/mol. The minimum absolute atomic E-state index is 0.000846. The van der Waals surface area contributed by atoms with Crippen LogP contribution in [0.3, 0.4) is 0 Å². The lowest BCUT2D eigenvalue weighted by molar-refractivity contribution is -0.118. The number of nitrogens with one attached hydrogen (secondary N) is 2. The first-order chi connectivity index (χ1) is 15.1. The molecule has 6 nitrogen and oxygen atoms in total. The van der Waals surface area contributed by atoms with Gasteiger partial charge in [0.15, 0.2) is 0 Å². The molecule has 3 rings (SSSR count). The van der Waals surface area contributed by atoms with Gasteiger partial charge in [0.25, 0.3) is 5.91 Å². The Kier molecular flexibility index (Phi) is 4.77. The van der Waals surface area contributed by atoms with Crippen LogP contribution in [-0.2, 0) is 9.59 Å². The van der Waals surface area contributed by atoms with Crippen LogP contribution in [0.15, 0.2) is 47.5 Å². The summed E-state index contributed by atoms with van der Waals surface area (Å²) in [6.07, 6.45) is 1.02. The zero-order valence-corrected chi connectivity index (χ0v) is 15.0. The Morgan fingerprint density at radius 3 is 2.45 bits per heavy atom. The molecule has 0 radical (unpaired) electrons. The van der Waals surface area contributed by atoms with Crippen LogP contribution in [0.4, 0.5) is 14.5 Å². The van der Waals surface area contributed by atoms with E-state index in [1.807, 2.05) is 5.43 Å². The number of carbonyl (C=O) groups excluding carboxylic acids is 2. The van der Waals surface area contributed by atoms with Crippen molar-refractivity contribution in [1.29, 1.82) is 0 Å². The fourth-order valence-corrected chi connectivity index (χ4v) is 3.15. The predicted molar refractivity (Wildman–Crippen MR) is 103 cm³/mol. The number of anilines is 1. The van der Waals surface area contributed by atoms with Crippen LogP contribution in [0.2, 0.25) is 0 Å². The molecule has 29 heavy (non-hydrogen) atoms. The summed E-state index contributed by atoms with van der Waals surface area (Å²) in [5.74, 6) is -3.64.